The average Bonchev–Trinajstić information content (AvgIpc) is 3.13. The molecule has 3 N–H and O–H groups in total. The number of amides is 3. The van der Waals surface area contributed by atoms with Crippen LogP contribution in [0, 0.1) is 11.8 Å². The van der Waals surface area contributed by atoms with Gasteiger partial charge < -0.3 is 20.7 Å². The molecule has 114 valence electrons. The molecule has 2 fully saturated rings. The van der Waals surface area contributed by atoms with Gasteiger partial charge in [-0.15, -0.1) is 11.3 Å². The molecule has 3 rings (SSSR count). The summed E-state index contributed by atoms with van der Waals surface area (Å²) >= 11 is 1.39. The predicted octanol–water partition coefficient (Wildman–Crippen LogP) is 0.288. The van der Waals surface area contributed by atoms with E-state index in [9.17, 15) is 9.59 Å². The van der Waals surface area contributed by atoms with Gasteiger partial charge in [0.2, 0.25) is 0 Å². The lowest BCUT2D eigenvalue weighted by molar-refractivity contribution is 0.0754. The van der Waals surface area contributed by atoms with Gasteiger partial charge in [0.25, 0.3) is 5.91 Å². The largest absolute Gasteiger partial charge is 0.376 e. The van der Waals surface area contributed by atoms with Crippen LogP contribution in [0.4, 0.5) is 4.79 Å². The van der Waals surface area contributed by atoms with Crippen molar-refractivity contribution in [3.8, 4) is 0 Å². The molecule has 3 atom stereocenters. The van der Waals surface area contributed by atoms with Gasteiger partial charge in [0.1, 0.15) is 5.69 Å². The molecule has 3 heterocycles. The van der Waals surface area contributed by atoms with Crippen LogP contribution in [0.25, 0.3) is 0 Å². The first-order valence-electron chi connectivity index (χ1n) is 6.97. The van der Waals surface area contributed by atoms with Gasteiger partial charge in [-0.2, -0.15) is 0 Å². The van der Waals surface area contributed by atoms with E-state index in [2.05, 4.69) is 10.3 Å². The number of carbonyl (C=O) groups excluding carboxylic acids is 2. The lowest BCUT2D eigenvalue weighted by Gasteiger charge is -2.34. The molecule has 8 heteroatoms. The molecular formula is C13H18N4O3S. The van der Waals surface area contributed by atoms with Crippen LogP contribution >= 0.6 is 11.3 Å². The molecule has 0 aliphatic carbocycles. The topological polar surface area (TPSA) is 97.5 Å². The molecule has 2 aliphatic rings. The van der Waals surface area contributed by atoms with E-state index in [1.807, 2.05) is 0 Å². The zero-order valence-electron chi connectivity index (χ0n) is 11.5. The summed E-state index contributed by atoms with van der Waals surface area (Å²) in [7, 11) is 0. The van der Waals surface area contributed by atoms with E-state index in [4.69, 9.17) is 10.5 Å². The van der Waals surface area contributed by atoms with Crippen molar-refractivity contribution in [2.75, 3.05) is 26.2 Å². The highest BCUT2D eigenvalue weighted by molar-refractivity contribution is 7.07. The molecule has 3 amide bonds. The minimum Gasteiger partial charge on any atom is -0.376 e. The van der Waals surface area contributed by atoms with Gasteiger partial charge in [-0.1, -0.05) is 0 Å². The Bertz CT molecular complexity index is 521. The Kier molecular flexibility index (Phi) is 4.07. The average molecular weight is 310 g/mol. The molecule has 2 saturated heterocycles. The van der Waals surface area contributed by atoms with Crippen LogP contribution in [0.5, 0.6) is 0 Å². The van der Waals surface area contributed by atoms with E-state index in [1.165, 1.54) is 11.3 Å². The number of fused-ring (bicyclic) bond motifs is 1. The summed E-state index contributed by atoms with van der Waals surface area (Å²) < 4.78 is 5.78. The Morgan fingerprint density at radius 1 is 1.57 bits per heavy atom. The number of nitrogens with two attached hydrogens (primary N) is 1. The number of thiazole rings is 1. The third-order valence-electron chi connectivity index (χ3n) is 4.24. The first kappa shape index (κ1) is 14.3. The molecule has 1 aromatic rings. The standard InChI is InChI=1S/C13H18N4O3S/c14-13(19)17-2-1-9-8(4-17)5-20-11(9)3-15-12(18)10-6-21-7-16-10/h6-9,11H,1-5H2,(H2,14,19)(H,15,18)/t8-,9-,11+/m1/s1. The maximum atomic E-state index is 11.9. The quantitative estimate of drug-likeness (QED) is 0.838. The van der Waals surface area contributed by atoms with Crippen LogP contribution in [0.15, 0.2) is 10.9 Å². The zero-order valence-corrected chi connectivity index (χ0v) is 12.3. The van der Waals surface area contributed by atoms with Gasteiger partial charge in [-0.25, -0.2) is 9.78 Å². The minimum absolute atomic E-state index is 0.00705. The number of urea groups is 1. The molecule has 1 aromatic heterocycles. The van der Waals surface area contributed by atoms with Crippen LogP contribution in [0.3, 0.4) is 0 Å². The number of ether oxygens (including phenoxy) is 1. The first-order valence-corrected chi connectivity index (χ1v) is 7.92. The van der Waals surface area contributed by atoms with Crippen LogP contribution in [0.2, 0.25) is 0 Å². The van der Waals surface area contributed by atoms with E-state index < -0.39 is 0 Å². The summed E-state index contributed by atoms with van der Waals surface area (Å²) in [4.78, 5) is 28.7. The van der Waals surface area contributed by atoms with Crippen molar-refractivity contribution in [3.63, 3.8) is 0 Å². The number of nitrogens with one attached hydrogen (secondary N) is 1. The Morgan fingerprint density at radius 2 is 2.43 bits per heavy atom. The summed E-state index contributed by atoms with van der Waals surface area (Å²) in [6.07, 6.45) is 0.873. The van der Waals surface area contributed by atoms with Gasteiger partial charge >= 0.3 is 6.03 Å². The number of carbonyl (C=O) groups is 2. The van der Waals surface area contributed by atoms with Crippen molar-refractivity contribution in [1.29, 1.82) is 0 Å². The number of hydrogen-bond acceptors (Lipinski definition) is 5. The molecule has 21 heavy (non-hydrogen) atoms. The number of hydrogen-bond donors (Lipinski definition) is 2. The lowest BCUT2D eigenvalue weighted by Crippen LogP contribution is -2.47. The summed E-state index contributed by atoms with van der Waals surface area (Å²) in [5.74, 6) is 0.515. The third kappa shape index (κ3) is 3.01. The minimum atomic E-state index is -0.367. The normalized spacial score (nSPS) is 28.2. The fraction of sp³-hybridized carbons (Fsp3) is 0.615. The lowest BCUT2D eigenvalue weighted by atomic mass is 9.84. The number of nitrogens with zero attached hydrogens (tertiary/aromatic N) is 2. The molecule has 0 bridgehead atoms. The smallest absolute Gasteiger partial charge is 0.314 e. The molecule has 0 spiro atoms. The van der Waals surface area contributed by atoms with E-state index in [-0.39, 0.29) is 18.0 Å². The Labute approximate surface area is 126 Å². The van der Waals surface area contributed by atoms with Crippen molar-refractivity contribution in [2.45, 2.75) is 12.5 Å². The van der Waals surface area contributed by atoms with Crippen LogP contribution < -0.4 is 11.1 Å². The van der Waals surface area contributed by atoms with Gasteiger partial charge in [0.15, 0.2) is 0 Å². The van der Waals surface area contributed by atoms with Crippen molar-refractivity contribution in [3.05, 3.63) is 16.6 Å². The maximum Gasteiger partial charge on any atom is 0.314 e. The van der Waals surface area contributed by atoms with E-state index >= 15 is 0 Å². The number of rotatable bonds is 3. The number of primary amides is 1. The third-order valence-corrected chi connectivity index (χ3v) is 4.82. The van der Waals surface area contributed by atoms with Crippen LogP contribution in [-0.4, -0.2) is 54.2 Å². The van der Waals surface area contributed by atoms with Crippen LogP contribution in [-0.2, 0) is 4.74 Å². The highest BCUT2D eigenvalue weighted by Crippen LogP contribution is 2.34. The Morgan fingerprint density at radius 3 is 3.14 bits per heavy atom. The van der Waals surface area contributed by atoms with E-state index in [1.54, 1.807) is 15.8 Å². The van der Waals surface area contributed by atoms with Crippen molar-refractivity contribution in [2.24, 2.45) is 17.6 Å². The second kappa shape index (κ2) is 5.98. The molecule has 2 aliphatic heterocycles. The van der Waals surface area contributed by atoms with Gasteiger partial charge in [-0.3, -0.25) is 4.79 Å². The molecule has 0 saturated carbocycles. The maximum absolute atomic E-state index is 11.9. The fourth-order valence-electron chi connectivity index (χ4n) is 3.11. The molecular weight excluding hydrogens is 292 g/mol. The Hall–Kier alpha value is -1.67. The first-order chi connectivity index (χ1) is 10.1. The molecule has 7 nitrogen and oxygen atoms in total. The SMILES string of the molecule is NC(=O)N1CC[C@@H]2[C@@H](CO[C@H]2CNC(=O)c2cscn2)C1. The highest BCUT2D eigenvalue weighted by atomic mass is 32.1. The van der Waals surface area contributed by atoms with E-state index in [0.717, 1.165) is 6.42 Å². The summed E-state index contributed by atoms with van der Waals surface area (Å²) in [5, 5.41) is 4.59. The summed E-state index contributed by atoms with van der Waals surface area (Å²) in [5.41, 5.74) is 7.40. The van der Waals surface area contributed by atoms with Gasteiger partial charge in [-0.05, 0) is 12.3 Å². The number of aromatic nitrogens is 1. The second-order valence-corrected chi connectivity index (χ2v) is 6.17. The molecule has 0 radical (unpaired) electrons. The number of piperidine rings is 1. The monoisotopic (exact) mass is 310 g/mol. The molecule has 0 aromatic carbocycles. The fourth-order valence-corrected chi connectivity index (χ4v) is 3.64. The predicted molar refractivity (Wildman–Crippen MR) is 76.9 cm³/mol. The summed E-state index contributed by atoms with van der Waals surface area (Å²) in [6.45, 7) is 2.41. The van der Waals surface area contributed by atoms with Crippen molar-refractivity contribution in [1.82, 2.24) is 15.2 Å². The number of likely N-dealkylation sites (tertiary alicyclic amines) is 1. The van der Waals surface area contributed by atoms with Crippen molar-refractivity contribution < 1.29 is 14.3 Å². The van der Waals surface area contributed by atoms with Crippen LogP contribution in [0.1, 0.15) is 16.9 Å². The zero-order chi connectivity index (χ0) is 14.8. The van der Waals surface area contributed by atoms with Gasteiger partial charge in [0, 0.05) is 30.9 Å². The summed E-state index contributed by atoms with van der Waals surface area (Å²) in [6, 6.07) is -0.367. The van der Waals surface area contributed by atoms with E-state index in [0.29, 0.717) is 43.8 Å². The molecule has 0 unspecified atom stereocenters. The highest BCUT2D eigenvalue weighted by Gasteiger charge is 2.41. The van der Waals surface area contributed by atoms with Gasteiger partial charge in [0.05, 0.1) is 18.2 Å². The van der Waals surface area contributed by atoms with Crippen molar-refractivity contribution >= 4 is 23.3 Å². The second-order valence-electron chi connectivity index (χ2n) is 5.45. The Balaban J connectivity index is 1.52.